The topological polar surface area (TPSA) is 45.0 Å². The second kappa shape index (κ2) is 8.69. The van der Waals surface area contributed by atoms with E-state index in [4.69, 9.17) is 4.74 Å². The molecule has 0 aliphatic heterocycles. The van der Waals surface area contributed by atoms with E-state index in [-0.39, 0.29) is 0 Å². The van der Waals surface area contributed by atoms with Crippen molar-refractivity contribution in [3.63, 3.8) is 0 Å². The molecule has 1 unspecified atom stereocenters. The van der Waals surface area contributed by atoms with E-state index in [1.165, 1.54) is 5.56 Å². The van der Waals surface area contributed by atoms with Gasteiger partial charge in [0.2, 0.25) is 0 Å². The Morgan fingerprint density at radius 1 is 1.29 bits per heavy atom. The molecule has 1 aromatic carbocycles. The molecular weight excluding hydrogens is 260 g/mol. The first-order chi connectivity index (χ1) is 10.1. The molecule has 1 atom stereocenters. The van der Waals surface area contributed by atoms with Crippen molar-refractivity contribution in [2.24, 2.45) is 0 Å². The van der Waals surface area contributed by atoms with Crippen molar-refractivity contribution in [2.45, 2.75) is 65.0 Å². The lowest BCUT2D eigenvalue weighted by molar-refractivity contribution is 0.267. The lowest BCUT2D eigenvalue weighted by Gasteiger charge is -2.29. The van der Waals surface area contributed by atoms with E-state index in [2.05, 4.69) is 45.1 Å². The van der Waals surface area contributed by atoms with Gasteiger partial charge in [-0.15, -0.1) is 0 Å². The maximum absolute atomic E-state index is 9.47. The fraction of sp³-hybridized carbons (Fsp3) is 0.611. The van der Waals surface area contributed by atoms with E-state index in [1.807, 2.05) is 18.2 Å². The molecule has 0 bridgehead atoms. The normalized spacial score (nSPS) is 13.7. The summed E-state index contributed by atoms with van der Waals surface area (Å²) in [6.07, 6.45) is 3.47. The maximum Gasteiger partial charge on any atom is 0.122 e. The predicted octanol–water partition coefficient (Wildman–Crippen LogP) is 4.08. The van der Waals surface area contributed by atoms with Crippen molar-refractivity contribution in [3.05, 3.63) is 29.8 Å². The quantitative estimate of drug-likeness (QED) is 0.696. The van der Waals surface area contributed by atoms with Crippen LogP contribution in [0.2, 0.25) is 0 Å². The van der Waals surface area contributed by atoms with Gasteiger partial charge in [0.05, 0.1) is 12.7 Å². The molecule has 1 aromatic rings. The average molecular weight is 288 g/mol. The van der Waals surface area contributed by atoms with Crippen molar-refractivity contribution in [1.82, 2.24) is 5.32 Å². The number of benzene rings is 1. The van der Waals surface area contributed by atoms with E-state index >= 15 is 0 Å². The molecule has 0 aliphatic carbocycles. The van der Waals surface area contributed by atoms with Crippen LogP contribution in [0, 0.1) is 11.3 Å². The van der Waals surface area contributed by atoms with Gasteiger partial charge in [-0.2, -0.15) is 5.26 Å². The van der Waals surface area contributed by atoms with Crippen LogP contribution in [-0.2, 0) is 6.42 Å². The number of nitrogens with zero attached hydrogens (tertiary/aromatic N) is 1. The number of nitrogens with one attached hydrogen (secondary N) is 1. The monoisotopic (exact) mass is 288 g/mol. The number of hydrogen-bond donors (Lipinski definition) is 1. The van der Waals surface area contributed by atoms with Crippen LogP contribution in [-0.4, -0.2) is 18.2 Å². The van der Waals surface area contributed by atoms with Gasteiger partial charge in [-0.25, -0.2) is 0 Å². The van der Waals surface area contributed by atoms with E-state index in [0.29, 0.717) is 12.6 Å². The first-order valence-electron chi connectivity index (χ1n) is 7.96. The lowest BCUT2D eigenvalue weighted by Crippen LogP contribution is -2.47. The van der Waals surface area contributed by atoms with Crippen LogP contribution in [0.5, 0.6) is 5.75 Å². The molecule has 0 saturated heterocycles. The minimum Gasteiger partial charge on any atom is -0.493 e. The van der Waals surface area contributed by atoms with Crippen LogP contribution < -0.4 is 10.1 Å². The maximum atomic E-state index is 9.47. The summed E-state index contributed by atoms with van der Waals surface area (Å²) in [7, 11) is 0. The highest BCUT2D eigenvalue weighted by Gasteiger charge is 2.27. The van der Waals surface area contributed by atoms with Crippen molar-refractivity contribution in [2.75, 3.05) is 6.61 Å². The highest BCUT2D eigenvalue weighted by atomic mass is 16.5. The molecule has 0 fully saturated rings. The van der Waals surface area contributed by atoms with Gasteiger partial charge in [-0.3, -0.25) is 5.32 Å². The Bertz CT molecular complexity index is 465. The zero-order valence-electron chi connectivity index (χ0n) is 13.8. The highest BCUT2D eigenvalue weighted by molar-refractivity contribution is 5.33. The van der Waals surface area contributed by atoms with Crippen LogP contribution in [0.4, 0.5) is 0 Å². The summed E-state index contributed by atoms with van der Waals surface area (Å²) in [5, 5.41) is 12.9. The van der Waals surface area contributed by atoms with Crippen LogP contribution in [0.3, 0.4) is 0 Å². The van der Waals surface area contributed by atoms with Gasteiger partial charge in [0.1, 0.15) is 11.3 Å². The van der Waals surface area contributed by atoms with Gasteiger partial charge in [0.25, 0.3) is 0 Å². The largest absolute Gasteiger partial charge is 0.493 e. The molecule has 116 valence electrons. The number of nitriles is 1. The number of hydrogen-bond acceptors (Lipinski definition) is 3. The molecule has 3 heteroatoms. The van der Waals surface area contributed by atoms with E-state index < -0.39 is 5.54 Å². The third-order valence-corrected chi connectivity index (χ3v) is 3.74. The molecule has 0 radical (unpaired) electrons. The summed E-state index contributed by atoms with van der Waals surface area (Å²) in [5.74, 6) is 0.968. The molecule has 0 aromatic heterocycles. The lowest BCUT2D eigenvalue weighted by atomic mass is 9.91. The summed E-state index contributed by atoms with van der Waals surface area (Å²) >= 11 is 0. The van der Waals surface area contributed by atoms with Gasteiger partial charge >= 0.3 is 0 Å². The molecule has 0 spiro atoms. The molecule has 21 heavy (non-hydrogen) atoms. The third kappa shape index (κ3) is 5.40. The summed E-state index contributed by atoms with van der Waals surface area (Å²) in [6, 6.07) is 10.9. The second-order valence-electron chi connectivity index (χ2n) is 5.76. The molecule has 0 heterocycles. The van der Waals surface area contributed by atoms with Crippen LogP contribution in [0.25, 0.3) is 0 Å². The number of para-hydroxylation sites is 1. The fourth-order valence-corrected chi connectivity index (χ4v) is 2.56. The van der Waals surface area contributed by atoms with Crippen molar-refractivity contribution >= 4 is 0 Å². The molecule has 1 rings (SSSR count). The Labute approximate surface area is 129 Å². The van der Waals surface area contributed by atoms with Gasteiger partial charge in [0, 0.05) is 6.04 Å². The standard InChI is InChI=1S/C18H28N2O/c1-5-16-10-7-8-11-17(16)21-13-9-12-18(6-2,14-19)20-15(3)4/h7-8,10-11,15,20H,5-6,9,12-13H2,1-4H3. The molecule has 3 nitrogen and oxygen atoms in total. The van der Waals surface area contributed by atoms with E-state index in [9.17, 15) is 5.26 Å². The third-order valence-electron chi connectivity index (χ3n) is 3.74. The minimum absolute atomic E-state index is 0.311. The second-order valence-corrected chi connectivity index (χ2v) is 5.76. The Hall–Kier alpha value is -1.53. The van der Waals surface area contributed by atoms with Gasteiger partial charge in [-0.1, -0.05) is 32.0 Å². The first-order valence-corrected chi connectivity index (χ1v) is 7.96. The van der Waals surface area contributed by atoms with Crippen LogP contribution >= 0.6 is 0 Å². The summed E-state index contributed by atoms with van der Waals surface area (Å²) in [6.45, 7) is 9.00. The summed E-state index contributed by atoms with van der Waals surface area (Å²) in [4.78, 5) is 0. The van der Waals surface area contributed by atoms with E-state index in [0.717, 1.165) is 31.4 Å². The molecule has 0 aliphatic rings. The Kier molecular flexibility index (Phi) is 7.25. The smallest absolute Gasteiger partial charge is 0.122 e. The fourth-order valence-electron chi connectivity index (χ4n) is 2.56. The van der Waals surface area contributed by atoms with E-state index in [1.54, 1.807) is 0 Å². The SMILES string of the molecule is CCc1ccccc1OCCCC(C#N)(CC)NC(C)C. The zero-order chi connectivity index (χ0) is 15.7. The summed E-state index contributed by atoms with van der Waals surface area (Å²) in [5.41, 5.74) is 0.807. The number of rotatable bonds is 9. The number of aryl methyl sites for hydroxylation is 1. The average Bonchev–Trinajstić information content (AvgIpc) is 2.50. The summed E-state index contributed by atoms with van der Waals surface area (Å²) < 4.78 is 5.88. The highest BCUT2D eigenvalue weighted by Crippen LogP contribution is 2.21. The molecule has 0 saturated carbocycles. The Balaban J connectivity index is 2.50. The van der Waals surface area contributed by atoms with Gasteiger partial charge in [0.15, 0.2) is 0 Å². The van der Waals surface area contributed by atoms with Crippen LogP contribution in [0.1, 0.15) is 52.5 Å². The van der Waals surface area contributed by atoms with Crippen molar-refractivity contribution < 1.29 is 4.74 Å². The predicted molar refractivity (Wildman–Crippen MR) is 87.5 cm³/mol. The first kappa shape index (κ1) is 17.5. The molecule has 0 amide bonds. The zero-order valence-corrected chi connectivity index (χ0v) is 13.8. The number of ether oxygens (including phenoxy) is 1. The Morgan fingerprint density at radius 3 is 2.57 bits per heavy atom. The van der Waals surface area contributed by atoms with Gasteiger partial charge < -0.3 is 4.74 Å². The Morgan fingerprint density at radius 2 is 2.00 bits per heavy atom. The van der Waals surface area contributed by atoms with Crippen LogP contribution in [0.15, 0.2) is 24.3 Å². The minimum atomic E-state index is -0.429. The van der Waals surface area contributed by atoms with Crippen molar-refractivity contribution in [3.8, 4) is 11.8 Å². The molecular formula is C18H28N2O. The molecule has 1 N–H and O–H groups in total. The van der Waals surface area contributed by atoms with Crippen molar-refractivity contribution in [1.29, 1.82) is 5.26 Å². The van der Waals surface area contributed by atoms with Gasteiger partial charge in [-0.05, 0) is 51.2 Å².